The summed E-state index contributed by atoms with van der Waals surface area (Å²) < 4.78 is 9.90. The predicted octanol–water partition coefficient (Wildman–Crippen LogP) is 20.7. The third kappa shape index (κ3) is 6.75. The highest BCUT2D eigenvalue weighted by Gasteiger charge is 2.21. The second-order valence-electron chi connectivity index (χ2n) is 19.7. The third-order valence-electron chi connectivity index (χ3n) is 15.4. The summed E-state index contributed by atoms with van der Waals surface area (Å²) in [6.07, 6.45) is 0. The van der Waals surface area contributed by atoms with E-state index in [1.54, 1.807) is 0 Å². The van der Waals surface area contributed by atoms with E-state index >= 15 is 0 Å². The molecule has 0 aliphatic rings. The summed E-state index contributed by atoms with van der Waals surface area (Å²) in [4.78, 5) is 4.81. The van der Waals surface area contributed by atoms with Crippen molar-refractivity contribution in [2.24, 2.45) is 0 Å². The highest BCUT2D eigenvalue weighted by molar-refractivity contribution is 7.26. The van der Waals surface area contributed by atoms with Gasteiger partial charge in [0.15, 0.2) is 0 Å². The molecular weight excluding hydrogens is 961 g/mol. The van der Waals surface area contributed by atoms with Crippen molar-refractivity contribution in [2.45, 2.75) is 0 Å². The van der Waals surface area contributed by atoms with Crippen molar-refractivity contribution in [3.05, 3.63) is 267 Å². The third-order valence-corrected chi connectivity index (χ3v) is 17.6. The highest BCUT2D eigenvalue weighted by atomic mass is 32.1. The topological polar surface area (TPSA) is 16.3 Å². The minimum atomic E-state index is 1.12. The van der Waals surface area contributed by atoms with Gasteiger partial charge in [0, 0.05) is 107 Å². The Kier molecular flexibility index (Phi) is 9.64. The molecule has 356 valence electrons. The summed E-state index contributed by atoms with van der Waals surface area (Å²) in [5.74, 6) is 0. The van der Waals surface area contributed by atoms with Gasteiger partial charge in [0.25, 0.3) is 0 Å². The maximum Gasteiger partial charge on any atom is 0.0542 e. The molecule has 0 saturated carbocycles. The molecule has 4 heterocycles. The number of benzene rings is 12. The van der Waals surface area contributed by atoms with E-state index in [0.717, 1.165) is 45.5 Å². The average molecular weight is 1010 g/mol. The molecule has 0 spiro atoms. The van der Waals surface area contributed by atoms with Gasteiger partial charge in [0.1, 0.15) is 0 Å². The van der Waals surface area contributed by atoms with Gasteiger partial charge in [0.05, 0.1) is 22.1 Å². The van der Waals surface area contributed by atoms with Crippen LogP contribution in [0, 0.1) is 0 Å². The first-order valence-electron chi connectivity index (χ1n) is 25.8. The minimum absolute atomic E-state index is 1.12. The van der Waals surface area contributed by atoms with E-state index in [1.165, 1.54) is 94.7 Å². The van der Waals surface area contributed by atoms with Crippen LogP contribution in [0.25, 0.3) is 106 Å². The molecule has 0 amide bonds. The lowest BCUT2D eigenvalue weighted by Gasteiger charge is -2.25. The number of hydrogen-bond acceptors (Lipinski definition) is 4. The van der Waals surface area contributed by atoms with Gasteiger partial charge in [-0.1, -0.05) is 121 Å². The fraction of sp³-hybridized carbons (Fsp3) is 0. The van der Waals surface area contributed by atoms with Crippen LogP contribution in [-0.2, 0) is 0 Å². The zero-order valence-electron chi connectivity index (χ0n) is 41.0. The Morgan fingerprint density at radius 1 is 0.224 bits per heavy atom. The molecule has 0 radical (unpaired) electrons. The van der Waals surface area contributed by atoms with Crippen LogP contribution >= 0.6 is 22.7 Å². The van der Waals surface area contributed by atoms with E-state index < -0.39 is 0 Å². The van der Waals surface area contributed by atoms with Gasteiger partial charge < -0.3 is 18.9 Å². The molecule has 4 nitrogen and oxygen atoms in total. The van der Waals surface area contributed by atoms with Gasteiger partial charge >= 0.3 is 0 Å². The monoisotopic (exact) mass is 1000 g/mol. The van der Waals surface area contributed by atoms with E-state index in [4.69, 9.17) is 0 Å². The molecule has 0 aliphatic carbocycles. The van der Waals surface area contributed by atoms with Crippen molar-refractivity contribution >= 4 is 152 Å². The summed E-state index contributed by atoms with van der Waals surface area (Å²) in [5, 5.41) is 12.6. The normalized spacial score (nSPS) is 11.9. The summed E-state index contributed by atoms with van der Waals surface area (Å²) in [6, 6.07) is 98.0. The molecule has 16 rings (SSSR count). The molecule has 6 heteroatoms. The number of nitrogens with zero attached hydrogens (tertiary/aromatic N) is 4. The zero-order chi connectivity index (χ0) is 49.8. The van der Waals surface area contributed by atoms with Crippen molar-refractivity contribution in [2.75, 3.05) is 9.80 Å². The molecule has 0 saturated heterocycles. The molecule has 4 aromatic heterocycles. The molecule has 16 aromatic rings. The molecule has 0 fully saturated rings. The molecule has 0 unspecified atom stereocenters. The Morgan fingerprint density at radius 3 is 1.01 bits per heavy atom. The van der Waals surface area contributed by atoms with Crippen molar-refractivity contribution < 1.29 is 0 Å². The van der Waals surface area contributed by atoms with Gasteiger partial charge in [-0.15, -0.1) is 22.7 Å². The quantitative estimate of drug-likeness (QED) is 0.151. The molecule has 0 bridgehead atoms. The summed E-state index contributed by atoms with van der Waals surface area (Å²) in [5.41, 5.74) is 13.9. The largest absolute Gasteiger partial charge is 0.310 e. The lowest BCUT2D eigenvalue weighted by Crippen LogP contribution is -2.09. The van der Waals surface area contributed by atoms with Gasteiger partial charge in [-0.3, -0.25) is 0 Å². The molecule has 0 N–H and O–H groups in total. The van der Waals surface area contributed by atoms with Crippen LogP contribution in [0.2, 0.25) is 0 Å². The maximum atomic E-state index is 2.42. The van der Waals surface area contributed by atoms with E-state index in [1.807, 2.05) is 22.7 Å². The van der Waals surface area contributed by atoms with Crippen molar-refractivity contribution in [1.29, 1.82) is 0 Å². The number of thiophene rings is 2. The Labute approximate surface area is 446 Å². The van der Waals surface area contributed by atoms with Crippen LogP contribution in [0.3, 0.4) is 0 Å². The number of anilines is 6. The first-order chi connectivity index (χ1) is 37.7. The van der Waals surface area contributed by atoms with Gasteiger partial charge in [-0.2, -0.15) is 0 Å². The predicted molar refractivity (Wildman–Crippen MR) is 328 cm³/mol. The smallest absolute Gasteiger partial charge is 0.0542 e. The molecule has 0 atom stereocenters. The van der Waals surface area contributed by atoms with Gasteiger partial charge in [-0.25, -0.2) is 0 Å². The van der Waals surface area contributed by atoms with Crippen LogP contribution in [0.5, 0.6) is 0 Å². The number of para-hydroxylation sites is 6. The standard InChI is InChI=1S/C70H44N4S2/c1-5-17-47(18-6-1)71(51-31-35-65-59(41-51)55-25-13-15-27-63(55)73(65)49-21-9-3-10-22-49)53-29-33-57-61-37-45-38-62-58-34-30-54(44-70(58)76-68(62)40-46(45)39-67(61)75-69(57)43-53)72(48-19-7-2-8-20-48)52-32-36-66-60(42-52)56-26-14-16-28-64(56)74(66)50-23-11-4-12-24-50/h1-44H. The first-order valence-corrected chi connectivity index (χ1v) is 27.4. The molecule has 0 aliphatic heterocycles. The number of aromatic nitrogens is 2. The van der Waals surface area contributed by atoms with Crippen LogP contribution < -0.4 is 9.80 Å². The van der Waals surface area contributed by atoms with Crippen LogP contribution in [0.1, 0.15) is 0 Å². The van der Waals surface area contributed by atoms with E-state index in [2.05, 4.69) is 286 Å². The van der Waals surface area contributed by atoms with Crippen molar-refractivity contribution in [3.8, 4) is 11.4 Å². The van der Waals surface area contributed by atoms with Gasteiger partial charge in [0.2, 0.25) is 0 Å². The molecular formula is C70H44N4S2. The van der Waals surface area contributed by atoms with E-state index in [0.29, 0.717) is 0 Å². The average Bonchev–Trinajstić information content (AvgIpc) is 4.27. The summed E-state index contributed by atoms with van der Waals surface area (Å²) in [7, 11) is 0. The Balaban J connectivity index is 0.785. The zero-order valence-corrected chi connectivity index (χ0v) is 42.6. The second-order valence-corrected chi connectivity index (χ2v) is 21.9. The van der Waals surface area contributed by atoms with Gasteiger partial charge in [-0.05, 0) is 156 Å². The SMILES string of the molecule is c1ccc(N(c2ccc3c(c2)sc2cc4cc5sc6cc(N(c7ccccc7)c7ccc8c(c7)c7ccccc7n8-c7ccccc7)ccc6c5cc4cc23)c2ccc3c(c2)c2ccccc2n3-c2ccccc2)cc1. The van der Waals surface area contributed by atoms with Crippen LogP contribution in [0.4, 0.5) is 34.1 Å². The Hall–Kier alpha value is -9.46. The lowest BCUT2D eigenvalue weighted by atomic mass is 10.0. The summed E-state index contributed by atoms with van der Waals surface area (Å²) in [6.45, 7) is 0. The minimum Gasteiger partial charge on any atom is -0.310 e. The van der Waals surface area contributed by atoms with Crippen LogP contribution in [0.15, 0.2) is 267 Å². The van der Waals surface area contributed by atoms with E-state index in [9.17, 15) is 0 Å². The fourth-order valence-electron chi connectivity index (χ4n) is 12.0. The number of fused-ring (bicyclic) bond motifs is 13. The first kappa shape index (κ1) is 43.0. The lowest BCUT2D eigenvalue weighted by molar-refractivity contribution is 1.18. The second kappa shape index (κ2) is 17.0. The maximum absolute atomic E-state index is 2.42. The molecule has 76 heavy (non-hydrogen) atoms. The Morgan fingerprint density at radius 2 is 0.566 bits per heavy atom. The number of hydrogen-bond donors (Lipinski definition) is 0. The highest BCUT2D eigenvalue weighted by Crippen LogP contribution is 2.47. The fourth-order valence-corrected chi connectivity index (χ4v) is 14.3. The molecule has 12 aromatic carbocycles. The van der Waals surface area contributed by atoms with Crippen LogP contribution in [-0.4, -0.2) is 9.13 Å². The van der Waals surface area contributed by atoms with Crippen molar-refractivity contribution in [3.63, 3.8) is 0 Å². The summed E-state index contributed by atoms with van der Waals surface area (Å²) >= 11 is 3.77. The van der Waals surface area contributed by atoms with E-state index in [-0.39, 0.29) is 0 Å². The van der Waals surface area contributed by atoms with Crippen molar-refractivity contribution in [1.82, 2.24) is 9.13 Å². The Bertz CT molecular complexity index is 4630. The number of rotatable bonds is 8.